The van der Waals surface area contributed by atoms with Crippen LogP contribution in [0.1, 0.15) is 41.5 Å². The Labute approximate surface area is 147 Å². The molecule has 0 aliphatic rings. The van der Waals surface area contributed by atoms with Crippen LogP contribution in [0.25, 0.3) is 0 Å². The van der Waals surface area contributed by atoms with Crippen molar-refractivity contribution in [2.24, 2.45) is 0 Å². The molecule has 1 rings (SSSR count). The number of carbonyl (C=O) groups excluding carboxylic acids is 2. The van der Waals surface area contributed by atoms with E-state index in [1.165, 1.54) is 11.9 Å². The molecule has 3 N–H and O–H groups in total. The quantitative estimate of drug-likeness (QED) is 0.704. The second-order valence-corrected chi connectivity index (χ2v) is 8.12. The molecule has 0 unspecified atom stereocenters. The molecule has 0 aliphatic heterocycles. The first-order chi connectivity index (χ1) is 10.9. The average Bonchev–Trinajstić information content (AvgIpc) is 2.42. The van der Waals surface area contributed by atoms with Crippen LogP contribution >= 0.6 is 11.9 Å². The van der Waals surface area contributed by atoms with Crippen LogP contribution in [0, 0.1) is 0 Å². The summed E-state index contributed by atoms with van der Waals surface area (Å²) >= 11 is 1.48. The number of ether oxygens (including phenoxy) is 1. The summed E-state index contributed by atoms with van der Waals surface area (Å²) in [6, 6.07) is 3.56. The molecule has 24 heavy (non-hydrogen) atoms. The summed E-state index contributed by atoms with van der Waals surface area (Å²) in [6.45, 7) is 11.3. The summed E-state index contributed by atoms with van der Waals surface area (Å²) < 4.78 is 8.33. The molecule has 7 nitrogen and oxygen atoms in total. The van der Waals surface area contributed by atoms with Crippen molar-refractivity contribution in [2.75, 3.05) is 11.9 Å². The molecule has 134 valence electrons. The molecule has 0 spiro atoms. The lowest BCUT2D eigenvalue weighted by Crippen LogP contribution is -2.37. The Morgan fingerprint density at radius 1 is 1.17 bits per heavy atom. The third kappa shape index (κ3) is 9.36. The maximum Gasteiger partial charge on any atom is 0.408 e. The van der Waals surface area contributed by atoms with Crippen LogP contribution in [0.5, 0.6) is 0 Å². The van der Waals surface area contributed by atoms with E-state index >= 15 is 0 Å². The van der Waals surface area contributed by atoms with Gasteiger partial charge in [-0.15, -0.1) is 0 Å². The van der Waals surface area contributed by atoms with Crippen molar-refractivity contribution in [3.63, 3.8) is 0 Å². The molecule has 1 heterocycles. The monoisotopic (exact) mass is 354 g/mol. The summed E-state index contributed by atoms with van der Waals surface area (Å²) in [6.07, 6.45) is 1.03. The minimum atomic E-state index is -0.634. The Hall–Kier alpha value is -1.80. The van der Waals surface area contributed by atoms with Gasteiger partial charge in [0.25, 0.3) is 0 Å². The van der Waals surface area contributed by atoms with E-state index in [1.807, 2.05) is 6.07 Å². The Kier molecular flexibility index (Phi) is 7.04. The number of nitrogens with zero attached hydrogens (tertiary/aromatic N) is 1. The van der Waals surface area contributed by atoms with E-state index in [4.69, 9.17) is 4.74 Å². The van der Waals surface area contributed by atoms with Gasteiger partial charge in [-0.25, -0.2) is 9.78 Å². The SMILES string of the molecule is CC(C)(C)NSc1ccc(NC(=O)CNC(=O)OC(C)(C)C)nc1. The van der Waals surface area contributed by atoms with Crippen LogP contribution in [0.15, 0.2) is 23.2 Å². The molecule has 8 heteroatoms. The first-order valence-corrected chi connectivity index (χ1v) is 8.43. The molecular formula is C16H26N4O3S. The van der Waals surface area contributed by atoms with Crippen LogP contribution in [0.4, 0.5) is 10.6 Å². The fourth-order valence-electron chi connectivity index (χ4n) is 1.38. The number of pyridine rings is 1. The third-order valence-electron chi connectivity index (χ3n) is 2.27. The van der Waals surface area contributed by atoms with Gasteiger partial charge in [0, 0.05) is 16.6 Å². The minimum absolute atomic E-state index is 0.00904. The molecule has 0 aliphatic carbocycles. The Morgan fingerprint density at radius 3 is 2.33 bits per heavy atom. The van der Waals surface area contributed by atoms with Crippen LogP contribution in [-0.2, 0) is 9.53 Å². The molecule has 2 amide bonds. The van der Waals surface area contributed by atoms with Crippen LogP contribution in [0.2, 0.25) is 0 Å². The number of hydrogen-bond donors (Lipinski definition) is 3. The lowest BCUT2D eigenvalue weighted by Gasteiger charge is -2.19. The fourth-order valence-corrected chi connectivity index (χ4v) is 2.05. The Balaban J connectivity index is 2.41. The number of carbonyl (C=O) groups is 2. The average molecular weight is 354 g/mol. The Bertz CT molecular complexity index is 562. The van der Waals surface area contributed by atoms with E-state index in [-0.39, 0.29) is 18.0 Å². The summed E-state index contributed by atoms with van der Waals surface area (Å²) in [5.41, 5.74) is -0.610. The second kappa shape index (κ2) is 8.34. The highest BCUT2D eigenvalue weighted by atomic mass is 32.2. The molecular weight excluding hydrogens is 328 g/mol. The maximum atomic E-state index is 11.8. The zero-order valence-corrected chi connectivity index (χ0v) is 15.8. The maximum absolute atomic E-state index is 11.8. The second-order valence-electron chi connectivity index (χ2n) is 7.24. The smallest absolute Gasteiger partial charge is 0.408 e. The summed E-state index contributed by atoms with van der Waals surface area (Å²) in [7, 11) is 0. The van der Waals surface area contributed by atoms with E-state index in [2.05, 4.69) is 41.1 Å². The van der Waals surface area contributed by atoms with E-state index < -0.39 is 11.7 Å². The lowest BCUT2D eigenvalue weighted by molar-refractivity contribution is -0.115. The van der Waals surface area contributed by atoms with E-state index in [1.54, 1.807) is 33.0 Å². The highest BCUT2D eigenvalue weighted by Gasteiger charge is 2.16. The van der Waals surface area contributed by atoms with Gasteiger partial charge in [0.2, 0.25) is 5.91 Å². The van der Waals surface area contributed by atoms with Crippen molar-refractivity contribution in [1.82, 2.24) is 15.0 Å². The van der Waals surface area contributed by atoms with Crippen molar-refractivity contribution in [1.29, 1.82) is 0 Å². The van der Waals surface area contributed by atoms with Crippen molar-refractivity contribution in [3.05, 3.63) is 18.3 Å². The number of anilines is 1. The fraction of sp³-hybridized carbons (Fsp3) is 0.562. The number of hydrogen-bond acceptors (Lipinski definition) is 6. The van der Waals surface area contributed by atoms with Gasteiger partial charge in [0.15, 0.2) is 0 Å². The predicted octanol–water partition coefficient (Wildman–Crippen LogP) is 2.94. The molecule has 1 aromatic heterocycles. The van der Waals surface area contributed by atoms with Gasteiger partial charge in [-0.2, -0.15) is 0 Å². The number of rotatable bonds is 5. The van der Waals surface area contributed by atoms with Gasteiger partial charge < -0.3 is 15.4 Å². The van der Waals surface area contributed by atoms with Gasteiger partial charge in [0.1, 0.15) is 18.0 Å². The molecule has 0 aromatic carbocycles. The van der Waals surface area contributed by atoms with Gasteiger partial charge >= 0.3 is 6.09 Å². The first-order valence-electron chi connectivity index (χ1n) is 7.61. The summed E-state index contributed by atoms with van der Waals surface area (Å²) in [5, 5.41) is 5.00. The van der Waals surface area contributed by atoms with Gasteiger partial charge in [0.05, 0.1) is 0 Å². The van der Waals surface area contributed by atoms with Gasteiger partial charge in [-0.1, -0.05) is 0 Å². The minimum Gasteiger partial charge on any atom is -0.444 e. The highest BCUT2D eigenvalue weighted by molar-refractivity contribution is 7.97. The van der Waals surface area contributed by atoms with Gasteiger partial charge in [-0.3, -0.25) is 9.52 Å². The summed E-state index contributed by atoms with van der Waals surface area (Å²) in [5.74, 6) is 0.0488. The van der Waals surface area contributed by atoms with E-state index in [9.17, 15) is 9.59 Å². The van der Waals surface area contributed by atoms with Crippen LogP contribution in [-0.4, -0.2) is 34.7 Å². The highest BCUT2D eigenvalue weighted by Crippen LogP contribution is 2.18. The van der Waals surface area contributed by atoms with Crippen LogP contribution in [0.3, 0.4) is 0 Å². The van der Waals surface area contributed by atoms with Crippen molar-refractivity contribution < 1.29 is 14.3 Å². The van der Waals surface area contributed by atoms with E-state index in [0.717, 1.165) is 4.90 Å². The molecule has 0 radical (unpaired) electrons. The molecule has 0 saturated carbocycles. The standard InChI is InChI=1S/C16H26N4O3S/c1-15(2,3)20-24-11-7-8-12(17-9-11)19-13(21)10-18-14(22)23-16(4,5)6/h7-9,20H,10H2,1-6H3,(H,18,22)(H,17,19,21). The lowest BCUT2D eigenvalue weighted by atomic mass is 10.1. The molecule has 0 atom stereocenters. The third-order valence-corrected chi connectivity index (χ3v) is 3.46. The predicted molar refractivity (Wildman–Crippen MR) is 95.8 cm³/mol. The number of aromatic nitrogens is 1. The largest absolute Gasteiger partial charge is 0.444 e. The first kappa shape index (κ1) is 20.2. The van der Waals surface area contributed by atoms with Crippen molar-refractivity contribution in [2.45, 2.75) is 57.6 Å². The molecule has 0 saturated heterocycles. The van der Waals surface area contributed by atoms with Crippen LogP contribution < -0.4 is 15.4 Å². The zero-order valence-electron chi connectivity index (χ0n) is 15.0. The number of amides is 2. The molecule has 0 fully saturated rings. The zero-order chi connectivity index (χ0) is 18.4. The van der Waals surface area contributed by atoms with Gasteiger partial charge in [-0.05, 0) is 65.6 Å². The topological polar surface area (TPSA) is 92.3 Å². The number of alkyl carbamates (subject to hydrolysis) is 1. The Morgan fingerprint density at radius 2 is 1.83 bits per heavy atom. The normalized spacial score (nSPS) is 11.8. The summed E-state index contributed by atoms with van der Waals surface area (Å²) in [4.78, 5) is 28.4. The number of nitrogens with one attached hydrogen (secondary N) is 3. The van der Waals surface area contributed by atoms with Crippen molar-refractivity contribution in [3.8, 4) is 0 Å². The van der Waals surface area contributed by atoms with E-state index in [0.29, 0.717) is 5.82 Å². The molecule has 1 aromatic rings. The van der Waals surface area contributed by atoms with Crippen molar-refractivity contribution >= 4 is 29.8 Å². The molecule has 0 bridgehead atoms.